The maximum atomic E-state index is 13.2. The highest BCUT2D eigenvalue weighted by molar-refractivity contribution is 5.90. The van der Waals surface area contributed by atoms with Crippen LogP contribution in [0.5, 0.6) is 11.5 Å². The third-order valence-corrected chi connectivity index (χ3v) is 12.2. The number of urea groups is 1. The number of aliphatic hydroxyl groups excluding tert-OH is 1. The van der Waals surface area contributed by atoms with E-state index in [1.165, 1.54) is 17.0 Å². The molecule has 6 aromatic rings. The van der Waals surface area contributed by atoms with E-state index in [4.69, 9.17) is 14.2 Å². The number of aromatic amines is 1. The molecule has 0 aliphatic carbocycles. The van der Waals surface area contributed by atoms with Crippen molar-refractivity contribution in [3.05, 3.63) is 171 Å². The summed E-state index contributed by atoms with van der Waals surface area (Å²) in [5.74, 6) is 0.445. The second-order valence-electron chi connectivity index (χ2n) is 16.7. The normalized spacial score (nSPS) is 17.3. The van der Waals surface area contributed by atoms with Crippen molar-refractivity contribution in [3.63, 3.8) is 0 Å². The number of aromatic nitrogens is 1. The third-order valence-electron chi connectivity index (χ3n) is 12.2. The lowest BCUT2D eigenvalue weighted by Crippen LogP contribution is -2.52. The molecule has 15 heteroatoms. The number of esters is 1. The van der Waals surface area contributed by atoms with Crippen LogP contribution in [-0.2, 0) is 22.6 Å². The number of phenols is 1. The summed E-state index contributed by atoms with van der Waals surface area (Å²) in [6, 6.07) is 36.8. The molecular formula is C51H54N6O9. The zero-order valence-electron chi connectivity index (χ0n) is 36.7. The number of aromatic hydroxyl groups is 1. The molecule has 66 heavy (non-hydrogen) atoms. The maximum Gasteiger partial charge on any atom is 0.408 e. The van der Waals surface area contributed by atoms with E-state index in [1.54, 1.807) is 55.6 Å². The van der Waals surface area contributed by atoms with Crippen molar-refractivity contribution in [2.75, 3.05) is 51.7 Å². The molecule has 3 aliphatic heterocycles. The van der Waals surface area contributed by atoms with E-state index in [9.17, 15) is 29.4 Å². The Kier molecular flexibility index (Phi) is 14.6. The van der Waals surface area contributed by atoms with Gasteiger partial charge in [0, 0.05) is 43.8 Å². The van der Waals surface area contributed by atoms with Gasteiger partial charge in [0.05, 0.1) is 29.8 Å². The number of benzene rings is 5. The fourth-order valence-electron chi connectivity index (χ4n) is 8.42. The average molecular weight is 895 g/mol. The number of aliphatic hydroxyl groups is 1. The molecule has 0 spiro atoms. The van der Waals surface area contributed by atoms with Gasteiger partial charge in [-0.2, -0.15) is 0 Å². The number of fused-ring (bicyclic) bond motifs is 4. The smallest absolute Gasteiger partial charge is 0.408 e. The van der Waals surface area contributed by atoms with Crippen molar-refractivity contribution in [1.82, 2.24) is 25.4 Å². The van der Waals surface area contributed by atoms with E-state index in [0.717, 1.165) is 54.7 Å². The molecule has 3 atom stereocenters. The van der Waals surface area contributed by atoms with Crippen LogP contribution in [0, 0.1) is 5.92 Å². The van der Waals surface area contributed by atoms with Gasteiger partial charge in [0.25, 0.3) is 0 Å². The summed E-state index contributed by atoms with van der Waals surface area (Å²) in [4.78, 5) is 57.1. The van der Waals surface area contributed by atoms with Gasteiger partial charge in [0.15, 0.2) is 0 Å². The van der Waals surface area contributed by atoms with Crippen molar-refractivity contribution in [3.8, 4) is 11.5 Å². The van der Waals surface area contributed by atoms with E-state index in [-0.39, 0.29) is 55.3 Å². The van der Waals surface area contributed by atoms with E-state index in [2.05, 4.69) is 25.8 Å². The third kappa shape index (κ3) is 11.5. The number of nitrogens with zero attached hydrogens (tertiary/aromatic N) is 2. The molecule has 2 unspecified atom stereocenters. The fourth-order valence-corrected chi connectivity index (χ4v) is 8.42. The lowest BCUT2D eigenvalue weighted by atomic mass is 9.86. The average Bonchev–Trinajstić information content (AvgIpc) is 3.34. The minimum Gasteiger partial charge on any atom is -0.506 e. The lowest BCUT2D eigenvalue weighted by Gasteiger charge is -2.43. The van der Waals surface area contributed by atoms with E-state index < -0.39 is 24.2 Å². The van der Waals surface area contributed by atoms with Crippen LogP contribution in [0.25, 0.3) is 10.9 Å². The summed E-state index contributed by atoms with van der Waals surface area (Å²) >= 11 is 0. The Bertz CT molecular complexity index is 2670. The topological polar surface area (TPSA) is 195 Å². The maximum absolute atomic E-state index is 13.2. The van der Waals surface area contributed by atoms with Gasteiger partial charge in [-0.25, -0.2) is 14.4 Å². The molecular weight excluding hydrogens is 841 g/mol. The number of ether oxygens (including phenoxy) is 3. The van der Waals surface area contributed by atoms with Crippen molar-refractivity contribution in [2.24, 2.45) is 5.92 Å². The van der Waals surface area contributed by atoms with Crippen LogP contribution in [0.15, 0.2) is 132 Å². The van der Waals surface area contributed by atoms with Gasteiger partial charge in [0.2, 0.25) is 5.56 Å². The van der Waals surface area contributed by atoms with Gasteiger partial charge >= 0.3 is 18.1 Å². The molecule has 6 N–H and O–H groups in total. The summed E-state index contributed by atoms with van der Waals surface area (Å²) in [5, 5.41) is 30.7. The van der Waals surface area contributed by atoms with Crippen molar-refractivity contribution in [2.45, 2.75) is 44.2 Å². The zero-order valence-corrected chi connectivity index (χ0v) is 36.7. The highest BCUT2D eigenvalue weighted by atomic mass is 16.6. The highest BCUT2D eigenvalue weighted by Crippen LogP contribution is 2.32. The first kappa shape index (κ1) is 45.4. The fraction of sp³-hybridized carbons (Fsp3) is 0.294. The van der Waals surface area contributed by atoms with Gasteiger partial charge in [-0.15, -0.1) is 0 Å². The number of alkyl carbamates (subject to hydrolysis) is 1. The Morgan fingerprint density at radius 3 is 2.35 bits per heavy atom. The summed E-state index contributed by atoms with van der Waals surface area (Å²) in [7, 11) is 1.61. The van der Waals surface area contributed by atoms with E-state index in [1.807, 2.05) is 66.7 Å². The number of amides is 3. The second kappa shape index (κ2) is 21.2. The number of likely N-dealkylation sites (N-methyl/N-ethyl adjacent to an activating group) is 1. The van der Waals surface area contributed by atoms with Crippen LogP contribution >= 0.6 is 0 Å². The number of piperidine rings is 3. The lowest BCUT2D eigenvalue weighted by molar-refractivity contribution is -0.0336. The molecule has 3 saturated heterocycles. The number of carbonyl (C=O) groups is 3. The summed E-state index contributed by atoms with van der Waals surface area (Å²) in [6.45, 7) is 4.00. The minimum absolute atomic E-state index is 0.00541. The largest absolute Gasteiger partial charge is 0.506 e. The molecule has 3 aliphatic rings. The van der Waals surface area contributed by atoms with Gasteiger partial charge in [0.1, 0.15) is 30.8 Å². The Labute approximate surface area is 382 Å². The van der Waals surface area contributed by atoms with Crippen LogP contribution < -0.4 is 26.2 Å². The summed E-state index contributed by atoms with van der Waals surface area (Å²) in [5.41, 5.74) is 4.99. The van der Waals surface area contributed by atoms with Crippen LogP contribution in [-0.4, -0.2) is 95.6 Å². The Morgan fingerprint density at radius 2 is 1.61 bits per heavy atom. The van der Waals surface area contributed by atoms with Crippen LogP contribution in [0.4, 0.5) is 15.3 Å². The Hall–Kier alpha value is -7.20. The predicted molar refractivity (Wildman–Crippen MR) is 249 cm³/mol. The molecule has 3 fully saturated rings. The number of nitrogens with one attached hydrogen (secondary N) is 4. The van der Waals surface area contributed by atoms with Gasteiger partial charge in [-0.3, -0.25) is 9.69 Å². The molecule has 9 rings (SSSR count). The monoisotopic (exact) mass is 894 g/mol. The highest BCUT2D eigenvalue weighted by Gasteiger charge is 2.37. The number of hydrogen-bond donors (Lipinski definition) is 6. The molecule has 3 amide bonds. The van der Waals surface area contributed by atoms with Crippen LogP contribution in [0.2, 0.25) is 0 Å². The van der Waals surface area contributed by atoms with Crippen LogP contribution in [0.3, 0.4) is 0 Å². The second-order valence-corrected chi connectivity index (χ2v) is 16.7. The number of phenolic OH excluding ortho intramolecular Hbond substituents is 1. The number of hydrogen-bond acceptors (Lipinski definition) is 11. The standard InChI is InChI=1S/C51H54N6O9/c1-56(50(62)53-39-16-12-33(13-17-39)29-52-30-44(59)41-18-20-43(58)48-42(41)19-21-46(60)54-48)26-27-64-49(61)37-14-10-34(11-15-37)32-65-40-9-5-8-38(28-40)47(36-6-3-2-4-7-36)55-51(63)66-45-31-57-24-22-35(45)23-25-57/h2-21,28,35,44-45,47,52,58-59H,22-27,29-32H2,1H3,(H,53,62)(H,54,60)(H,55,63)/t44?,45?,47-/m0/s1. The zero-order chi connectivity index (χ0) is 46.0. The number of rotatable bonds is 17. The molecule has 2 bridgehead atoms. The van der Waals surface area contributed by atoms with Crippen molar-refractivity contribution < 1.29 is 38.8 Å². The number of pyridine rings is 1. The van der Waals surface area contributed by atoms with Gasteiger partial charge in [-0.05, 0) is 108 Å². The molecule has 0 radical (unpaired) electrons. The van der Waals surface area contributed by atoms with Crippen LogP contribution in [0.1, 0.15) is 63.2 Å². The molecule has 342 valence electrons. The molecule has 0 saturated carbocycles. The molecule has 15 nitrogen and oxygen atoms in total. The Morgan fingerprint density at radius 1 is 0.864 bits per heavy atom. The minimum atomic E-state index is -0.890. The molecule has 5 aromatic carbocycles. The van der Waals surface area contributed by atoms with Crippen molar-refractivity contribution in [1.29, 1.82) is 0 Å². The first-order valence-electron chi connectivity index (χ1n) is 22.1. The quantitative estimate of drug-likeness (QED) is 0.0524. The first-order chi connectivity index (χ1) is 32.1. The van der Waals surface area contributed by atoms with E-state index in [0.29, 0.717) is 40.4 Å². The predicted octanol–water partition coefficient (Wildman–Crippen LogP) is 6.87. The summed E-state index contributed by atoms with van der Waals surface area (Å²) in [6.07, 6.45) is 0.683. The number of carbonyl (C=O) groups excluding carboxylic acids is 3. The van der Waals surface area contributed by atoms with E-state index >= 15 is 0 Å². The Balaban J connectivity index is 0.755. The van der Waals surface area contributed by atoms with Gasteiger partial charge < -0.3 is 50.3 Å². The molecule has 1 aromatic heterocycles. The number of anilines is 1. The first-order valence-corrected chi connectivity index (χ1v) is 22.1. The molecule has 4 heterocycles. The number of H-pyrrole nitrogens is 1. The van der Waals surface area contributed by atoms with Gasteiger partial charge in [-0.1, -0.05) is 72.8 Å². The van der Waals surface area contributed by atoms with Crippen molar-refractivity contribution >= 4 is 34.7 Å². The SMILES string of the molecule is CN(CCOC(=O)c1ccc(COc2cccc([C@@H](NC(=O)OC3CN4CCC3CC4)c3ccccc3)c2)cc1)C(=O)Nc1ccc(CNCC(O)c2ccc(O)c3[nH]c(=O)ccc23)cc1. The summed E-state index contributed by atoms with van der Waals surface area (Å²) < 4.78 is 17.6.